The highest BCUT2D eigenvalue weighted by Crippen LogP contribution is 2.36. The Morgan fingerprint density at radius 2 is 0.852 bits per heavy atom. The van der Waals surface area contributed by atoms with E-state index in [-0.39, 0.29) is 0 Å². The van der Waals surface area contributed by atoms with Gasteiger partial charge in [-0.15, -0.1) is 0 Å². The lowest BCUT2D eigenvalue weighted by Crippen LogP contribution is -1.92. The molecule has 0 amide bonds. The van der Waals surface area contributed by atoms with Gasteiger partial charge in [0.2, 0.25) is 0 Å². The normalized spacial score (nSPS) is 10.7. The van der Waals surface area contributed by atoms with Crippen LogP contribution >= 0.6 is 0 Å². The van der Waals surface area contributed by atoms with Crippen molar-refractivity contribution in [2.45, 2.75) is 33.6 Å². The molecule has 0 aliphatic heterocycles. The molecule has 298 valence electrons. The van der Waals surface area contributed by atoms with Gasteiger partial charge < -0.3 is 9.67 Å². The van der Waals surface area contributed by atoms with E-state index in [4.69, 9.17) is 0 Å². The van der Waals surface area contributed by atoms with Crippen molar-refractivity contribution in [1.29, 1.82) is 0 Å². The van der Waals surface area contributed by atoms with Crippen LogP contribution in [0.15, 0.2) is 224 Å². The summed E-state index contributed by atoms with van der Waals surface area (Å²) in [6, 6.07) is 78.4. The second-order valence-electron chi connectivity index (χ2n) is 15.6. The van der Waals surface area contributed by atoms with E-state index in [2.05, 4.69) is 213 Å². The van der Waals surface area contributed by atoms with Gasteiger partial charge >= 0.3 is 0 Å². The molecule has 9 aromatic carbocycles. The van der Waals surface area contributed by atoms with Crippen molar-refractivity contribution in [2.75, 3.05) is 0 Å². The number of hydrogen-bond acceptors (Lipinski definition) is 1. The SMILES string of the molecule is CCCc1ccccc1.Cc1ccc(-c2ccc(-c3ccc4c(c3)c3ccccc3n4-c3ccccc3)cc2)cc1.Cc1ccc(-c2cccc(-c3ccccc3O)c2)cc1. The minimum absolute atomic E-state index is 0.313. The van der Waals surface area contributed by atoms with Crippen LogP contribution in [-0.4, -0.2) is 9.67 Å². The first-order valence-corrected chi connectivity index (χ1v) is 21.2. The summed E-state index contributed by atoms with van der Waals surface area (Å²) in [7, 11) is 0. The summed E-state index contributed by atoms with van der Waals surface area (Å²) >= 11 is 0. The Hall–Kier alpha value is -7.42. The Labute approximate surface area is 360 Å². The van der Waals surface area contributed by atoms with E-state index in [1.165, 1.54) is 84.8 Å². The molecule has 1 aromatic heterocycles. The van der Waals surface area contributed by atoms with Crippen LogP contribution in [0.5, 0.6) is 5.75 Å². The van der Waals surface area contributed by atoms with Crippen LogP contribution in [0.25, 0.3) is 72.0 Å². The van der Waals surface area contributed by atoms with Crippen molar-refractivity contribution in [3.8, 4) is 55.9 Å². The molecular weight excluding hydrogens is 739 g/mol. The molecular formula is C59H51NO. The number of phenolic OH excluding ortho intramolecular Hbond substituents is 1. The van der Waals surface area contributed by atoms with Crippen LogP contribution in [0, 0.1) is 13.8 Å². The van der Waals surface area contributed by atoms with Crippen LogP contribution in [0.4, 0.5) is 0 Å². The predicted octanol–water partition coefficient (Wildman–Crippen LogP) is 16.1. The predicted molar refractivity (Wildman–Crippen MR) is 261 cm³/mol. The lowest BCUT2D eigenvalue weighted by molar-refractivity contribution is 0.477. The molecule has 10 rings (SSSR count). The summed E-state index contributed by atoms with van der Waals surface area (Å²) in [5.74, 6) is 0.313. The molecule has 1 heterocycles. The van der Waals surface area contributed by atoms with E-state index in [9.17, 15) is 5.11 Å². The van der Waals surface area contributed by atoms with Crippen molar-refractivity contribution in [2.24, 2.45) is 0 Å². The molecule has 0 atom stereocenters. The summed E-state index contributed by atoms with van der Waals surface area (Å²) in [6.07, 6.45) is 2.45. The zero-order valence-electron chi connectivity index (χ0n) is 35.2. The van der Waals surface area contributed by atoms with Gasteiger partial charge in [0.15, 0.2) is 0 Å². The molecule has 1 N–H and O–H groups in total. The van der Waals surface area contributed by atoms with Crippen LogP contribution in [0.1, 0.15) is 30.0 Å². The van der Waals surface area contributed by atoms with Crippen molar-refractivity contribution >= 4 is 21.8 Å². The third-order valence-electron chi connectivity index (χ3n) is 11.1. The highest BCUT2D eigenvalue weighted by atomic mass is 16.3. The second-order valence-corrected chi connectivity index (χ2v) is 15.6. The molecule has 2 heteroatoms. The van der Waals surface area contributed by atoms with Gasteiger partial charge in [-0.05, 0) is 107 Å². The fraction of sp³-hybridized carbons (Fsp3) is 0.0847. The van der Waals surface area contributed by atoms with E-state index >= 15 is 0 Å². The zero-order chi connectivity index (χ0) is 42.0. The topological polar surface area (TPSA) is 25.2 Å². The van der Waals surface area contributed by atoms with E-state index in [0.29, 0.717) is 5.75 Å². The average Bonchev–Trinajstić information content (AvgIpc) is 3.65. The third kappa shape index (κ3) is 9.57. The second kappa shape index (κ2) is 19.1. The first kappa shape index (κ1) is 40.4. The van der Waals surface area contributed by atoms with E-state index in [1.807, 2.05) is 30.3 Å². The Balaban J connectivity index is 0.000000150. The molecule has 0 fully saturated rings. The maximum absolute atomic E-state index is 9.96. The first-order valence-electron chi connectivity index (χ1n) is 21.2. The number of fused-ring (bicyclic) bond motifs is 3. The summed E-state index contributed by atoms with van der Waals surface area (Å²) in [6.45, 7) is 6.41. The number of phenols is 1. The number of aromatic nitrogens is 1. The Morgan fingerprint density at radius 1 is 0.377 bits per heavy atom. The van der Waals surface area contributed by atoms with Crippen molar-refractivity contribution in [3.05, 3.63) is 241 Å². The van der Waals surface area contributed by atoms with Gasteiger partial charge in [-0.3, -0.25) is 0 Å². The average molecular weight is 790 g/mol. The molecule has 0 bridgehead atoms. The number of hydrogen-bond donors (Lipinski definition) is 1. The quantitative estimate of drug-likeness (QED) is 0.171. The zero-order valence-corrected chi connectivity index (χ0v) is 35.2. The Kier molecular flexibility index (Phi) is 12.6. The smallest absolute Gasteiger partial charge is 0.123 e. The maximum atomic E-state index is 9.96. The van der Waals surface area contributed by atoms with Crippen LogP contribution in [0.3, 0.4) is 0 Å². The van der Waals surface area contributed by atoms with Crippen LogP contribution < -0.4 is 0 Å². The van der Waals surface area contributed by atoms with E-state index in [0.717, 1.165) is 16.7 Å². The van der Waals surface area contributed by atoms with Crippen molar-refractivity contribution in [1.82, 2.24) is 4.57 Å². The van der Waals surface area contributed by atoms with Gasteiger partial charge in [-0.2, -0.15) is 0 Å². The lowest BCUT2D eigenvalue weighted by Gasteiger charge is -2.08. The van der Waals surface area contributed by atoms with E-state index in [1.54, 1.807) is 6.07 Å². The van der Waals surface area contributed by atoms with Gasteiger partial charge in [0.05, 0.1) is 11.0 Å². The fourth-order valence-electron chi connectivity index (χ4n) is 7.87. The molecule has 0 aliphatic carbocycles. The number of aromatic hydroxyl groups is 1. The maximum Gasteiger partial charge on any atom is 0.123 e. The number of para-hydroxylation sites is 3. The molecule has 0 saturated carbocycles. The standard InChI is InChI=1S/C31H23N.C19H16O.C9H12/c1-22-11-13-23(14-12-22)24-15-17-25(18-16-24)26-19-20-31-29(21-26)28-9-5-6-10-30(28)32(31)27-7-3-2-4-8-27;1-14-9-11-15(12-10-14)16-5-4-6-17(13-16)18-7-2-3-8-19(18)20;1-2-6-9-7-4-3-5-8-9/h2-21H,1H3;2-13,20H,1H3;3-5,7-8H,2,6H2,1H3. The monoisotopic (exact) mass is 789 g/mol. The molecule has 61 heavy (non-hydrogen) atoms. The van der Waals surface area contributed by atoms with Crippen molar-refractivity contribution in [3.63, 3.8) is 0 Å². The number of rotatable bonds is 7. The van der Waals surface area contributed by atoms with Gasteiger partial charge in [-0.1, -0.05) is 206 Å². The minimum Gasteiger partial charge on any atom is -0.507 e. The molecule has 0 spiro atoms. The highest BCUT2D eigenvalue weighted by molar-refractivity contribution is 6.10. The fourth-order valence-corrected chi connectivity index (χ4v) is 7.87. The number of aryl methyl sites for hydroxylation is 3. The number of nitrogens with zero attached hydrogens (tertiary/aromatic N) is 1. The lowest BCUT2D eigenvalue weighted by atomic mass is 9.98. The highest BCUT2D eigenvalue weighted by Gasteiger charge is 2.13. The summed E-state index contributed by atoms with van der Waals surface area (Å²) in [5.41, 5.74) is 16.9. The molecule has 0 unspecified atom stereocenters. The first-order chi connectivity index (χ1) is 29.9. The van der Waals surface area contributed by atoms with Crippen molar-refractivity contribution < 1.29 is 5.11 Å². The van der Waals surface area contributed by atoms with Gasteiger partial charge in [0.25, 0.3) is 0 Å². The van der Waals surface area contributed by atoms with Crippen LogP contribution in [0.2, 0.25) is 0 Å². The molecule has 0 radical (unpaired) electrons. The summed E-state index contributed by atoms with van der Waals surface area (Å²) < 4.78 is 2.36. The van der Waals surface area contributed by atoms with Gasteiger partial charge in [0, 0.05) is 22.0 Å². The largest absolute Gasteiger partial charge is 0.507 e. The third-order valence-corrected chi connectivity index (χ3v) is 11.1. The van der Waals surface area contributed by atoms with E-state index < -0.39 is 0 Å². The van der Waals surface area contributed by atoms with Gasteiger partial charge in [-0.25, -0.2) is 0 Å². The minimum atomic E-state index is 0.313. The number of benzene rings is 9. The van der Waals surface area contributed by atoms with Crippen LogP contribution in [-0.2, 0) is 6.42 Å². The Morgan fingerprint density at radius 3 is 1.48 bits per heavy atom. The van der Waals surface area contributed by atoms with Gasteiger partial charge in [0.1, 0.15) is 5.75 Å². The molecule has 0 saturated heterocycles. The molecule has 0 aliphatic rings. The summed E-state index contributed by atoms with van der Waals surface area (Å²) in [5, 5.41) is 12.5. The Bertz CT molecular complexity index is 2960. The molecule has 10 aromatic rings. The molecule has 2 nitrogen and oxygen atoms in total. The summed E-state index contributed by atoms with van der Waals surface area (Å²) in [4.78, 5) is 0.